The van der Waals surface area contributed by atoms with Gasteiger partial charge in [0.2, 0.25) is 0 Å². The third kappa shape index (κ3) is 2.23. The van der Waals surface area contributed by atoms with Crippen LogP contribution in [-0.4, -0.2) is 22.2 Å². The van der Waals surface area contributed by atoms with Gasteiger partial charge in [0.15, 0.2) is 0 Å². The predicted molar refractivity (Wildman–Crippen MR) is 84.5 cm³/mol. The molecule has 1 aromatic carbocycles. The molecule has 5 nitrogen and oxygen atoms in total. The van der Waals surface area contributed by atoms with Crippen LogP contribution in [0.4, 0.5) is 0 Å². The van der Waals surface area contributed by atoms with Crippen LogP contribution < -0.4 is 4.74 Å². The minimum absolute atomic E-state index is 0.0191. The average molecular weight is 334 g/mol. The highest BCUT2D eigenvalue weighted by molar-refractivity contribution is 6.37. The van der Waals surface area contributed by atoms with Crippen molar-refractivity contribution < 1.29 is 9.84 Å². The monoisotopic (exact) mass is 333 g/mol. The van der Waals surface area contributed by atoms with Gasteiger partial charge < -0.3 is 14.8 Å². The summed E-state index contributed by atoms with van der Waals surface area (Å²) in [5, 5.41) is 20.3. The minimum atomic E-state index is -0.0191. The summed E-state index contributed by atoms with van der Waals surface area (Å²) in [6.07, 6.45) is 1.30. The van der Waals surface area contributed by atoms with Gasteiger partial charge in [0, 0.05) is 10.9 Å². The Bertz CT molecular complexity index is 929. The first kappa shape index (κ1) is 14.5. The Labute approximate surface area is 135 Å². The molecule has 2 aromatic heterocycles. The molecule has 0 saturated heterocycles. The molecule has 0 atom stereocenters. The van der Waals surface area contributed by atoms with E-state index >= 15 is 0 Å². The number of hydrogen-bond donors (Lipinski definition) is 2. The molecular formula is C15H9Cl2N3O2. The summed E-state index contributed by atoms with van der Waals surface area (Å²) in [7, 11) is 1.49. The normalized spacial score (nSPS) is 10.6. The molecule has 110 valence electrons. The number of aromatic nitrogens is 2. The highest BCUT2D eigenvalue weighted by Gasteiger charge is 2.18. The lowest BCUT2D eigenvalue weighted by Gasteiger charge is -2.08. The quantitative estimate of drug-likeness (QED) is 0.738. The van der Waals surface area contributed by atoms with Gasteiger partial charge in [0.1, 0.15) is 23.2 Å². The van der Waals surface area contributed by atoms with Crippen molar-refractivity contribution in [3.8, 4) is 28.8 Å². The van der Waals surface area contributed by atoms with Crippen molar-refractivity contribution >= 4 is 34.2 Å². The van der Waals surface area contributed by atoms with Crippen LogP contribution in [-0.2, 0) is 0 Å². The summed E-state index contributed by atoms with van der Waals surface area (Å²) < 4.78 is 5.19. The third-order valence-electron chi connectivity index (χ3n) is 3.26. The van der Waals surface area contributed by atoms with Crippen molar-refractivity contribution in [1.82, 2.24) is 9.97 Å². The van der Waals surface area contributed by atoms with Gasteiger partial charge in [-0.25, -0.2) is 4.98 Å². The van der Waals surface area contributed by atoms with Crippen molar-refractivity contribution in [3.05, 3.63) is 40.0 Å². The fourth-order valence-corrected chi connectivity index (χ4v) is 2.81. The van der Waals surface area contributed by atoms with Crippen molar-refractivity contribution in [2.45, 2.75) is 0 Å². The van der Waals surface area contributed by atoms with Crippen molar-refractivity contribution in [3.63, 3.8) is 0 Å². The molecule has 0 saturated carbocycles. The van der Waals surface area contributed by atoms with Crippen LogP contribution in [0.3, 0.4) is 0 Å². The first-order valence-electron chi connectivity index (χ1n) is 6.19. The zero-order valence-electron chi connectivity index (χ0n) is 11.3. The van der Waals surface area contributed by atoms with Crippen molar-refractivity contribution in [2.24, 2.45) is 0 Å². The lowest BCUT2D eigenvalue weighted by molar-refractivity contribution is 0.415. The van der Waals surface area contributed by atoms with Crippen LogP contribution in [0.5, 0.6) is 11.5 Å². The number of hydrogen-bond acceptors (Lipinski definition) is 4. The van der Waals surface area contributed by atoms with Gasteiger partial charge in [-0.15, -0.1) is 0 Å². The zero-order valence-corrected chi connectivity index (χ0v) is 12.8. The summed E-state index contributed by atoms with van der Waals surface area (Å²) in [4.78, 5) is 7.11. The molecule has 0 unspecified atom stereocenters. The molecule has 0 aliphatic heterocycles. The first-order valence-corrected chi connectivity index (χ1v) is 6.95. The molecule has 0 bridgehead atoms. The molecule has 22 heavy (non-hydrogen) atoms. The molecule has 0 spiro atoms. The largest absolute Gasteiger partial charge is 0.506 e. The number of aromatic amines is 1. The number of rotatable bonds is 2. The maximum absolute atomic E-state index is 9.55. The number of nitrogens with one attached hydrogen (secondary N) is 1. The van der Waals surface area contributed by atoms with E-state index in [9.17, 15) is 10.4 Å². The number of methoxy groups -OCH3 is 1. The first-order chi connectivity index (χ1) is 10.5. The van der Waals surface area contributed by atoms with E-state index in [-0.39, 0.29) is 5.75 Å². The van der Waals surface area contributed by atoms with Gasteiger partial charge in [-0.1, -0.05) is 23.2 Å². The van der Waals surface area contributed by atoms with E-state index in [0.717, 1.165) is 0 Å². The van der Waals surface area contributed by atoms with E-state index in [0.29, 0.717) is 43.6 Å². The number of nitrogens with zero attached hydrogens (tertiary/aromatic N) is 2. The molecule has 7 heteroatoms. The zero-order chi connectivity index (χ0) is 15.9. The van der Waals surface area contributed by atoms with E-state index in [1.807, 2.05) is 0 Å². The van der Waals surface area contributed by atoms with Gasteiger partial charge in [-0.05, 0) is 18.2 Å². The van der Waals surface area contributed by atoms with E-state index in [1.54, 1.807) is 12.1 Å². The number of fused-ring (bicyclic) bond motifs is 1. The number of halogens is 2. The highest BCUT2D eigenvalue weighted by atomic mass is 35.5. The molecule has 3 rings (SSSR count). The van der Waals surface area contributed by atoms with Crippen LogP contribution in [0.25, 0.3) is 22.3 Å². The Kier molecular flexibility index (Phi) is 3.57. The number of H-pyrrole nitrogens is 1. The van der Waals surface area contributed by atoms with Gasteiger partial charge in [0.05, 0.1) is 34.6 Å². The fraction of sp³-hybridized carbons (Fsp3) is 0.0667. The predicted octanol–water partition coefficient (Wildman–Crippen LogP) is 4.12. The summed E-state index contributed by atoms with van der Waals surface area (Å²) in [6.45, 7) is 0. The second-order valence-corrected chi connectivity index (χ2v) is 5.36. The molecule has 0 fully saturated rings. The molecule has 0 aliphatic carbocycles. The lowest BCUT2D eigenvalue weighted by Crippen LogP contribution is -1.89. The van der Waals surface area contributed by atoms with Crippen molar-refractivity contribution in [2.75, 3.05) is 7.11 Å². The number of aromatic hydroxyl groups is 1. The van der Waals surface area contributed by atoms with E-state index < -0.39 is 0 Å². The second kappa shape index (κ2) is 5.41. The van der Waals surface area contributed by atoms with Gasteiger partial charge >= 0.3 is 0 Å². The standard InChI is InChI=1S/C15H9Cl2N3O2/c1-22-13-3-9(11(16)4-12(13)17)14-10(5-18)8-2-7(21)6-19-15(8)20-14/h2-4,6,21H,1H3,(H,19,20). The number of benzene rings is 1. The highest BCUT2D eigenvalue weighted by Crippen LogP contribution is 2.39. The Morgan fingerprint density at radius 3 is 2.73 bits per heavy atom. The summed E-state index contributed by atoms with van der Waals surface area (Å²) in [5.41, 5.74) is 1.88. The number of ether oxygens (including phenoxy) is 1. The third-order valence-corrected chi connectivity index (χ3v) is 3.87. The Balaban J connectivity index is 2.33. The topological polar surface area (TPSA) is 81.9 Å². The number of pyridine rings is 1. The Morgan fingerprint density at radius 2 is 2.05 bits per heavy atom. The summed E-state index contributed by atoms with van der Waals surface area (Å²) in [6, 6.07) is 6.78. The van der Waals surface area contributed by atoms with E-state index in [4.69, 9.17) is 27.9 Å². The SMILES string of the molecule is COc1cc(-c2[nH]c3ncc(O)cc3c2C#N)c(Cl)cc1Cl. The van der Waals surface area contributed by atoms with E-state index in [1.165, 1.54) is 19.4 Å². The van der Waals surface area contributed by atoms with Crippen LogP contribution in [0.1, 0.15) is 5.56 Å². The van der Waals surface area contributed by atoms with Crippen LogP contribution in [0.15, 0.2) is 24.4 Å². The van der Waals surface area contributed by atoms with E-state index in [2.05, 4.69) is 16.0 Å². The Morgan fingerprint density at radius 1 is 1.27 bits per heavy atom. The van der Waals surface area contributed by atoms with Crippen LogP contribution >= 0.6 is 23.2 Å². The summed E-state index contributed by atoms with van der Waals surface area (Å²) >= 11 is 12.3. The summed E-state index contributed by atoms with van der Waals surface area (Å²) in [5.74, 6) is 0.425. The van der Waals surface area contributed by atoms with Gasteiger partial charge in [0.25, 0.3) is 0 Å². The fourth-order valence-electron chi connectivity index (χ4n) is 2.25. The number of nitriles is 1. The molecule has 0 aliphatic rings. The lowest BCUT2D eigenvalue weighted by atomic mass is 10.1. The van der Waals surface area contributed by atoms with Crippen molar-refractivity contribution in [1.29, 1.82) is 5.26 Å². The van der Waals surface area contributed by atoms with Gasteiger partial charge in [-0.3, -0.25) is 0 Å². The molecule has 0 radical (unpaired) electrons. The second-order valence-electron chi connectivity index (χ2n) is 4.54. The minimum Gasteiger partial charge on any atom is -0.506 e. The molecule has 2 heterocycles. The Hall–Kier alpha value is -2.42. The maximum Gasteiger partial charge on any atom is 0.139 e. The molecule has 2 N–H and O–H groups in total. The van der Waals surface area contributed by atoms with Crippen LogP contribution in [0.2, 0.25) is 10.0 Å². The smallest absolute Gasteiger partial charge is 0.139 e. The average Bonchev–Trinajstić information content (AvgIpc) is 2.84. The maximum atomic E-state index is 9.55. The van der Waals surface area contributed by atoms with Gasteiger partial charge in [-0.2, -0.15) is 5.26 Å². The van der Waals surface area contributed by atoms with Crippen LogP contribution in [0, 0.1) is 11.3 Å². The molecule has 3 aromatic rings. The molecular weight excluding hydrogens is 325 g/mol. The molecule has 0 amide bonds.